The minimum atomic E-state index is -0.222. The molecule has 4 aliphatic rings. The number of methoxy groups -OCH3 is 1. The van der Waals surface area contributed by atoms with Crippen molar-refractivity contribution in [3.63, 3.8) is 0 Å². The molecule has 0 aromatic heterocycles. The molecule has 0 aromatic rings. The molecule has 0 heterocycles. The van der Waals surface area contributed by atoms with Crippen LogP contribution in [0.1, 0.15) is 85.0 Å². The number of fused-ring (bicyclic) bond motifs is 5. The molecular weight excluding hydrogens is 376 g/mol. The summed E-state index contributed by atoms with van der Waals surface area (Å²) in [6, 6.07) is 0. The topological polar surface area (TPSA) is 60.4 Å². The van der Waals surface area contributed by atoms with E-state index < -0.39 is 0 Å². The van der Waals surface area contributed by atoms with Crippen molar-refractivity contribution >= 4 is 18.0 Å². The van der Waals surface area contributed by atoms with Gasteiger partial charge in [-0.15, -0.1) is 0 Å². The second-order valence-electron chi connectivity index (χ2n) is 11.5. The van der Waals surface area contributed by atoms with Crippen molar-refractivity contribution in [2.75, 3.05) is 7.11 Å². The van der Waals surface area contributed by atoms with E-state index in [9.17, 15) is 14.4 Å². The predicted octanol–water partition coefficient (Wildman–Crippen LogP) is 5.23. The minimum absolute atomic E-state index is 0.145. The number of hydrogen-bond acceptors (Lipinski definition) is 4. The number of hydrogen-bond donors (Lipinski definition) is 0. The first-order valence-corrected chi connectivity index (χ1v) is 12.3. The highest BCUT2D eigenvalue weighted by atomic mass is 16.5. The van der Waals surface area contributed by atoms with Gasteiger partial charge in [0.05, 0.1) is 7.11 Å². The number of esters is 1. The van der Waals surface area contributed by atoms with Gasteiger partial charge in [-0.1, -0.05) is 20.8 Å². The van der Waals surface area contributed by atoms with E-state index in [-0.39, 0.29) is 22.7 Å². The zero-order chi connectivity index (χ0) is 21.7. The molecule has 4 saturated carbocycles. The van der Waals surface area contributed by atoms with E-state index in [2.05, 4.69) is 20.8 Å². The maximum absolute atomic E-state index is 13.8. The summed E-state index contributed by atoms with van der Waals surface area (Å²) in [5.74, 6) is 3.58. The number of ketones is 1. The Morgan fingerprint density at radius 1 is 1.17 bits per heavy atom. The van der Waals surface area contributed by atoms with Gasteiger partial charge in [0.25, 0.3) is 0 Å². The van der Waals surface area contributed by atoms with Crippen molar-refractivity contribution in [2.45, 2.75) is 85.0 Å². The second kappa shape index (κ2) is 8.06. The van der Waals surface area contributed by atoms with Crippen molar-refractivity contribution in [3.8, 4) is 0 Å². The normalized spacial score (nSPS) is 46.3. The molecule has 4 fully saturated rings. The fourth-order valence-electron chi connectivity index (χ4n) is 8.71. The highest BCUT2D eigenvalue weighted by Gasteiger charge is 2.63. The van der Waals surface area contributed by atoms with E-state index in [4.69, 9.17) is 4.74 Å². The summed E-state index contributed by atoms with van der Waals surface area (Å²) in [6.07, 6.45) is 11.1. The van der Waals surface area contributed by atoms with Crippen molar-refractivity contribution in [1.29, 1.82) is 0 Å². The molecule has 0 aromatic carbocycles. The molecule has 0 amide bonds. The van der Waals surface area contributed by atoms with Crippen LogP contribution < -0.4 is 0 Å². The third kappa shape index (κ3) is 3.28. The van der Waals surface area contributed by atoms with Gasteiger partial charge in [-0.05, 0) is 92.3 Å². The van der Waals surface area contributed by atoms with Crippen LogP contribution in [0.5, 0.6) is 0 Å². The summed E-state index contributed by atoms with van der Waals surface area (Å²) >= 11 is 0. The molecule has 4 heteroatoms. The number of ether oxygens (including phenoxy) is 1. The second-order valence-corrected chi connectivity index (χ2v) is 11.5. The molecule has 0 spiro atoms. The maximum atomic E-state index is 13.8. The molecule has 0 bridgehead atoms. The highest BCUT2D eigenvalue weighted by Crippen LogP contribution is 2.67. The molecule has 0 unspecified atom stereocenters. The zero-order valence-electron chi connectivity index (χ0n) is 19.3. The summed E-state index contributed by atoms with van der Waals surface area (Å²) in [6.45, 7) is 6.94. The molecular formula is C26H40O4. The first kappa shape index (κ1) is 22.0. The predicted molar refractivity (Wildman–Crippen MR) is 116 cm³/mol. The van der Waals surface area contributed by atoms with Crippen LogP contribution in [0.3, 0.4) is 0 Å². The first-order chi connectivity index (χ1) is 14.3. The van der Waals surface area contributed by atoms with Crippen LogP contribution in [-0.2, 0) is 19.1 Å². The Kier molecular flexibility index (Phi) is 5.91. The Morgan fingerprint density at radius 2 is 1.93 bits per heavy atom. The maximum Gasteiger partial charge on any atom is 0.305 e. The molecule has 9 atom stereocenters. The minimum Gasteiger partial charge on any atom is -0.469 e. The molecule has 4 nitrogen and oxygen atoms in total. The van der Waals surface area contributed by atoms with E-state index in [1.807, 2.05) is 0 Å². The van der Waals surface area contributed by atoms with Crippen LogP contribution in [0.2, 0.25) is 0 Å². The summed E-state index contributed by atoms with van der Waals surface area (Å²) in [5, 5.41) is 0. The third-order valence-corrected chi connectivity index (χ3v) is 10.5. The lowest BCUT2D eigenvalue weighted by Crippen LogP contribution is -2.57. The summed E-state index contributed by atoms with van der Waals surface area (Å²) < 4.78 is 4.84. The van der Waals surface area contributed by atoms with Crippen LogP contribution in [0.15, 0.2) is 0 Å². The Labute approximate surface area is 181 Å². The summed E-state index contributed by atoms with van der Waals surface area (Å²) in [7, 11) is 1.45. The van der Waals surface area contributed by atoms with Gasteiger partial charge in [0, 0.05) is 24.2 Å². The molecule has 0 radical (unpaired) electrons. The molecule has 4 aliphatic carbocycles. The Balaban J connectivity index is 1.54. The van der Waals surface area contributed by atoms with E-state index in [1.165, 1.54) is 26.2 Å². The number of carbonyl (C=O) groups is 3. The Hall–Kier alpha value is -1.19. The van der Waals surface area contributed by atoms with E-state index in [0.717, 1.165) is 44.9 Å². The summed E-state index contributed by atoms with van der Waals surface area (Å²) in [4.78, 5) is 36.8. The van der Waals surface area contributed by atoms with Crippen LogP contribution in [-0.4, -0.2) is 25.1 Å². The van der Waals surface area contributed by atoms with Crippen molar-refractivity contribution < 1.29 is 19.1 Å². The molecule has 4 rings (SSSR count). The fraction of sp³-hybridized carbons (Fsp3) is 0.885. The quantitative estimate of drug-likeness (QED) is 0.455. The van der Waals surface area contributed by atoms with Crippen LogP contribution in [0.4, 0.5) is 0 Å². The largest absolute Gasteiger partial charge is 0.469 e. The smallest absolute Gasteiger partial charge is 0.305 e. The van der Waals surface area contributed by atoms with Crippen LogP contribution in [0.25, 0.3) is 0 Å². The molecule has 0 aliphatic heterocycles. The summed E-state index contributed by atoms with van der Waals surface area (Å²) in [5.41, 5.74) is 0.00784. The van der Waals surface area contributed by atoms with E-state index in [1.54, 1.807) is 0 Å². The monoisotopic (exact) mass is 416 g/mol. The Bertz CT molecular complexity index is 701. The van der Waals surface area contributed by atoms with Gasteiger partial charge in [0.15, 0.2) is 0 Å². The molecule has 0 saturated heterocycles. The van der Waals surface area contributed by atoms with Crippen molar-refractivity contribution in [2.24, 2.45) is 52.3 Å². The molecule has 0 N–H and O–H groups in total. The van der Waals surface area contributed by atoms with Gasteiger partial charge < -0.3 is 9.53 Å². The van der Waals surface area contributed by atoms with Crippen molar-refractivity contribution in [1.82, 2.24) is 0 Å². The lowest BCUT2D eigenvalue weighted by Gasteiger charge is -2.60. The Morgan fingerprint density at radius 3 is 2.63 bits per heavy atom. The average Bonchev–Trinajstić information content (AvgIpc) is 3.10. The molecule has 30 heavy (non-hydrogen) atoms. The van der Waals surface area contributed by atoms with Crippen LogP contribution >= 0.6 is 0 Å². The van der Waals surface area contributed by atoms with Gasteiger partial charge in [0.1, 0.15) is 12.1 Å². The van der Waals surface area contributed by atoms with Gasteiger partial charge in [-0.25, -0.2) is 0 Å². The standard InChI is InChI=1S/C26H40O4/c1-16(5-10-24(29)30-4)20-8-9-21-19-7-6-18-13-17(15-27)11-12-25(18,2)22(19)14-23(28)26(20,21)3/h15-22H,5-14H2,1-4H3/t16-,17-,18-,19+,20-,21+,22+,25+,26-/m1/s1. The van der Waals surface area contributed by atoms with Gasteiger partial charge in [0.2, 0.25) is 0 Å². The van der Waals surface area contributed by atoms with Crippen LogP contribution in [0, 0.1) is 52.3 Å². The third-order valence-electron chi connectivity index (χ3n) is 10.5. The number of rotatable bonds is 5. The SMILES string of the molecule is COC(=O)CC[C@@H](C)[C@H]1CC[C@H]2[C@@H]3CC[C@@H]4C[C@H](C=O)CC[C@]4(C)[C@H]3CC(=O)[C@]12C. The lowest BCUT2D eigenvalue weighted by molar-refractivity contribution is -0.159. The van der Waals surface area contributed by atoms with Gasteiger partial charge >= 0.3 is 5.97 Å². The molecule has 168 valence electrons. The lowest BCUT2D eigenvalue weighted by atomic mass is 9.43. The van der Waals surface area contributed by atoms with Gasteiger partial charge in [-0.3, -0.25) is 9.59 Å². The average molecular weight is 417 g/mol. The first-order valence-electron chi connectivity index (χ1n) is 12.3. The van der Waals surface area contributed by atoms with E-state index in [0.29, 0.717) is 47.7 Å². The number of carbonyl (C=O) groups excluding carboxylic acids is 3. The highest BCUT2D eigenvalue weighted by molar-refractivity contribution is 5.87. The zero-order valence-corrected chi connectivity index (χ0v) is 19.3. The fourth-order valence-corrected chi connectivity index (χ4v) is 8.71. The number of aldehydes is 1. The van der Waals surface area contributed by atoms with E-state index >= 15 is 0 Å². The van der Waals surface area contributed by atoms with Crippen molar-refractivity contribution in [3.05, 3.63) is 0 Å². The number of Topliss-reactive ketones (excluding diaryl/α,β-unsaturated/α-hetero) is 1. The van der Waals surface area contributed by atoms with Gasteiger partial charge in [-0.2, -0.15) is 0 Å².